The Morgan fingerprint density at radius 3 is 2.53 bits per heavy atom. The number of rotatable bonds is 5. The Hall–Kier alpha value is -0.570. The summed E-state index contributed by atoms with van der Waals surface area (Å²) in [6.45, 7) is 5.76. The molecule has 0 aromatic rings. The van der Waals surface area contributed by atoms with E-state index < -0.39 is 0 Å². The maximum absolute atomic E-state index is 11.7. The van der Waals surface area contributed by atoms with Gasteiger partial charge in [0.15, 0.2) is 0 Å². The molecule has 0 radical (unpaired) electrons. The van der Waals surface area contributed by atoms with Gasteiger partial charge in [-0.1, -0.05) is 6.92 Å². The Bertz CT molecular complexity index is 230. The molecule has 1 saturated carbocycles. The van der Waals surface area contributed by atoms with Gasteiger partial charge in [0, 0.05) is 19.6 Å². The van der Waals surface area contributed by atoms with E-state index in [0.717, 1.165) is 19.6 Å². The molecule has 86 valence electrons. The second-order valence-electron chi connectivity index (χ2n) is 5.05. The number of amides is 1. The van der Waals surface area contributed by atoms with Crippen molar-refractivity contribution in [2.24, 2.45) is 5.41 Å². The molecule has 0 aromatic carbocycles. The summed E-state index contributed by atoms with van der Waals surface area (Å²) in [6.07, 6.45) is 6.30. The number of likely N-dealkylation sites (tertiary alicyclic amines) is 1. The second-order valence-corrected chi connectivity index (χ2v) is 5.05. The molecule has 2 fully saturated rings. The molecule has 2 rings (SSSR count). The highest BCUT2D eigenvalue weighted by atomic mass is 16.2. The Balaban J connectivity index is 1.63. The van der Waals surface area contributed by atoms with Crippen LogP contribution in [0.3, 0.4) is 0 Å². The first-order valence-corrected chi connectivity index (χ1v) is 6.24. The summed E-state index contributed by atoms with van der Waals surface area (Å²) in [5.41, 5.74) is 0.547. The molecule has 2 aliphatic rings. The van der Waals surface area contributed by atoms with Crippen LogP contribution in [0.15, 0.2) is 0 Å². The summed E-state index contributed by atoms with van der Waals surface area (Å²) < 4.78 is 0. The Morgan fingerprint density at radius 1 is 1.33 bits per heavy atom. The third-order valence-electron chi connectivity index (χ3n) is 3.94. The van der Waals surface area contributed by atoms with Gasteiger partial charge in [0.2, 0.25) is 5.91 Å². The zero-order valence-corrected chi connectivity index (χ0v) is 9.72. The van der Waals surface area contributed by atoms with Gasteiger partial charge < -0.3 is 10.2 Å². The zero-order chi connectivity index (χ0) is 10.7. The van der Waals surface area contributed by atoms with Crippen molar-refractivity contribution in [2.45, 2.75) is 39.0 Å². The molecule has 3 heteroatoms. The fourth-order valence-corrected chi connectivity index (χ4v) is 2.35. The van der Waals surface area contributed by atoms with Crippen molar-refractivity contribution < 1.29 is 4.79 Å². The third-order valence-corrected chi connectivity index (χ3v) is 3.94. The quantitative estimate of drug-likeness (QED) is 0.743. The van der Waals surface area contributed by atoms with Crippen molar-refractivity contribution in [1.82, 2.24) is 10.2 Å². The first-order valence-electron chi connectivity index (χ1n) is 6.24. The Kier molecular flexibility index (Phi) is 3.29. The van der Waals surface area contributed by atoms with Crippen LogP contribution in [0.2, 0.25) is 0 Å². The van der Waals surface area contributed by atoms with Gasteiger partial charge in [0.25, 0.3) is 0 Å². The van der Waals surface area contributed by atoms with Crippen molar-refractivity contribution in [2.75, 3.05) is 26.2 Å². The topological polar surface area (TPSA) is 32.3 Å². The zero-order valence-electron chi connectivity index (χ0n) is 9.72. The number of nitrogens with one attached hydrogen (secondary N) is 1. The molecule has 0 bridgehead atoms. The summed E-state index contributed by atoms with van der Waals surface area (Å²) in [6, 6.07) is 0. The van der Waals surface area contributed by atoms with Gasteiger partial charge in [-0.15, -0.1) is 0 Å². The molecule has 3 nitrogen and oxygen atoms in total. The van der Waals surface area contributed by atoms with Gasteiger partial charge in [0.05, 0.1) is 6.54 Å². The first-order chi connectivity index (χ1) is 7.26. The van der Waals surface area contributed by atoms with Crippen LogP contribution in [0.25, 0.3) is 0 Å². The first kappa shape index (κ1) is 10.9. The minimum absolute atomic E-state index is 0.291. The Labute approximate surface area is 92.2 Å². The SMILES string of the molecule is CCC1(CNCC(=O)N2CCCC2)CC1. The van der Waals surface area contributed by atoms with Gasteiger partial charge in [-0.3, -0.25) is 4.79 Å². The Morgan fingerprint density at radius 2 is 2.00 bits per heavy atom. The van der Waals surface area contributed by atoms with E-state index in [1.165, 1.54) is 32.1 Å². The normalized spacial score (nSPS) is 23.1. The summed E-state index contributed by atoms with van der Waals surface area (Å²) in [4.78, 5) is 13.7. The highest BCUT2D eigenvalue weighted by Gasteiger charge is 2.40. The maximum atomic E-state index is 11.7. The largest absolute Gasteiger partial charge is 0.342 e. The van der Waals surface area contributed by atoms with E-state index in [2.05, 4.69) is 12.2 Å². The van der Waals surface area contributed by atoms with Crippen molar-refractivity contribution in [3.05, 3.63) is 0 Å². The lowest BCUT2D eigenvalue weighted by atomic mass is 10.0. The van der Waals surface area contributed by atoms with E-state index in [1.54, 1.807) is 0 Å². The fraction of sp³-hybridized carbons (Fsp3) is 0.917. The van der Waals surface area contributed by atoms with Crippen LogP contribution in [0, 0.1) is 5.41 Å². The third kappa shape index (κ3) is 2.71. The average molecular weight is 210 g/mol. The molecule has 0 unspecified atom stereocenters. The number of carbonyl (C=O) groups excluding carboxylic acids is 1. The summed E-state index contributed by atoms with van der Waals surface area (Å²) in [5, 5.41) is 3.32. The molecule has 1 aliphatic heterocycles. The van der Waals surface area contributed by atoms with Crippen LogP contribution in [0.1, 0.15) is 39.0 Å². The van der Waals surface area contributed by atoms with Crippen molar-refractivity contribution in [1.29, 1.82) is 0 Å². The van der Waals surface area contributed by atoms with Crippen molar-refractivity contribution >= 4 is 5.91 Å². The summed E-state index contributed by atoms with van der Waals surface area (Å²) in [5.74, 6) is 0.291. The van der Waals surface area contributed by atoms with Crippen LogP contribution in [-0.2, 0) is 4.79 Å². The van der Waals surface area contributed by atoms with E-state index in [1.807, 2.05) is 4.90 Å². The van der Waals surface area contributed by atoms with Crippen molar-refractivity contribution in [3.8, 4) is 0 Å². The molecular formula is C12H22N2O. The molecule has 15 heavy (non-hydrogen) atoms. The average Bonchev–Trinajstić information content (AvgIpc) is 2.81. The van der Waals surface area contributed by atoms with E-state index >= 15 is 0 Å². The molecule has 1 heterocycles. The number of nitrogens with zero attached hydrogens (tertiary/aromatic N) is 1. The highest BCUT2D eigenvalue weighted by molar-refractivity contribution is 5.78. The second kappa shape index (κ2) is 4.52. The molecule has 0 atom stereocenters. The van der Waals surface area contributed by atoms with Crippen LogP contribution >= 0.6 is 0 Å². The van der Waals surface area contributed by atoms with Crippen molar-refractivity contribution in [3.63, 3.8) is 0 Å². The van der Waals surface area contributed by atoms with Gasteiger partial charge in [-0.05, 0) is 37.5 Å². The predicted octanol–water partition coefficient (Wildman–Crippen LogP) is 1.39. The van der Waals surface area contributed by atoms with E-state index in [9.17, 15) is 4.79 Å². The lowest BCUT2D eigenvalue weighted by Gasteiger charge is -2.17. The molecular weight excluding hydrogens is 188 g/mol. The minimum atomic E-state index is 0.291. The molecule has 0 aromatic heterocycles. The number of carbonyl (C=O) groups is 1. The van der Waals surface area contributed by atoms with E-state index in [-0.39, 0.29) is 0 Å². The maximum Gasteiger partial charge on any atom is 0.236 e. The smallest absolute Gasteiger partial charge is 0.236 e. The van der Waals surface area contributed by atoms with E-state index in [0.29, 0.717) is 17.9 Å². The molecule has 1 amide bonds. The molecule has 1 N–H and O–H groups in total. The molecule has 1 aliphatic carbocycles. The van der Waals surface area contributed by atoms with E-state index in [4.69, 9.17) is 0 Å². The van der Waals surface area contributed by atoms with Gasteiger partial charge in [-0.25, -0.2) is 0 Å². The fourth-order valence-electron chi connectivity index (χ4n) is 2.35. The highest BCUT2D eigenvalue weighted by Crippen LogP contribution is 2.47. The lowest BCUT2D eigenvalue weighted by molar-refractivity contribution is -0.129. The summed E-state index contributed by atoms with van der Waals surface area (Å²) in [7, 11) is 0. The van der Waals surface area contributed by atoms with Crippen LogP contribution in [-0.4, -0.2) is 37.0 Å². The predicted molar refractivity (Wildman–Crippen MR) is 60.6 cm³/mol. The summed E-state index contributed by atoms with van der Waals surface area (Å²) >= 11 is 0. The standard InChI is InChI=1S/C12H22N2O/c1-2-12(5-6-12)10-13-9-11(15)14-7-3-4-8-14/h13H,2-10H2,1H3. The number of hydrogen-bond donors (Lipinski definition) is 1. The van der Waals surface area contributed by atoms with Crippen LogP contribution in [0.4, 0.5) is 0 Å². The molecule has 1 saturated heterocycles. The molecule has 0 spiro atoms. The monoisotopic (exact) mass is 210 g/mol. The van der Waals surface area contributed by atoms with Gasteiger partial charge in [0.1, 0.15) is 0 Å². The minimum Gasteiger partial charge on any atom is -0.342 e. The van der Waals surface area contributed by atoms with Crippen LogP contribution < -0.4 is 5.32 Å². The van der Waals surface area contributed by atoms with Crippen LogP contribution in [0.5, 0.6) is 0 Å². The lowest BCUT2D eigenvalue weighted by Crippen LogP contribution is -2.38. The van der Waals surface area contributed by atoms with Gasteiger partial charge in [-0.2, -0.15) is 0 Å². The number of hydrogen-bond acceptors (Lipinski definition) is 2. The van der Waals surface area contributed by atoms with Gasteiger partial charge >= 0.3 is 0 Å².